The lowest BCUT2D eigenvalue weighted by atomic mass is 10.2. The van der Waals surface area contributed by atoms with Crippen LogP contribution in [0.25, 0.3) is 0 Å². The molecule has 0 aliphatic rings. The van der Waals surface area contributed by atoms with Crippen LogP contribution in [0.1, 0.15) is 5.56 Å². The molecule has 0 aliphatic heterocycles. The minimum Gasteiger partial charge on any atom is -0.497 e. The van der Waals surface area contributed by atoms with Crippen LogP contribution >= 0.6 is 11.8 Å². The van der Waals surface area contributed by atoms with Gasteiger partial charge < -0.3 is 10.1 Å². The molecule has 2 aromatic rings. The molecule has 0 bridgehead atoms. The highest BCUT2D eigenvalue weighted by molar-refractivity contribution is 7.99. The molecule has 7 heteroatoms. The van der Waals surface area contributed by atoms with E-state index < -0.39 is 4.92 Å². The lowest BCUT2D eigenvalue weighted by Crippen LogP contribution is -2.14. The summed E-state index contributed by atoms with van der Waals surface area (Å²) in [6.45, 7) is 0. The van der Waals surface area contributed by atoms with Crippen molar-refractivity contribution in [3.8, 4) is 5.75 Å². The van der Waals surface area contributed by atoms with Gasteiger partial charge in [0.15, 0.2) is 0 Å². The maximum atomic E-state index is 11.8. The Labute approximate surface area is 138 Å². The second-order valence-electron chi connectivity index (χ2n) is 4.69. The number of amides is 1. The Bertz CT molecular complexity index is 671. The van der Waals surface area contributed by atoms with Crippen molar-refractivity contribution in [2.45, 2.75) is 5.75 Å². The van der Waals surface area contributed by atoms with Crippen molar-refractivity contribution in [2.24, 2.45) is 0 Å². The number of methoxy groups -OCH3 is 1. The van der Waals surface area contributed by atoms with Crippen LogP contribution in [0.2, 0.25) is 0 Å². The summed E-state index contributed by atoms with van der Waals surface area (Å²) in [7, 11) is 1.59. The topological polar surface area (TPSA) is 81.5 Å². The van der Waals surface area contributed by atoms with Gasteiger partial charge in [-0.05, 0) is 29.8 Å². The Morgan fingerprint density at radius 2 is 1.83 bits per heavy atom. The van der Waals surface area contributed by atoms with Gasteiger partial charge in [-0.3, -0.25) is 14.9 Å². The zero-order valence-corrected chi connectivity index (χ0v) is 13.3. The molecule has 2 aromatic carbocycles. The van der Waals surface area contributed by atoms with E-state index in [1.165, 1.54) is 23.9 Å². The highest BCUT2D eigenvalue weighted by atomic mass is 32.2. The Morgan fingerprint density at radius 1 is 1.17 bits per heavy atom. The molecular weight excluding hydrogens is 316 g/mol. The van der Waals surface area contributed by atoms with Crippen molar-refractivity contribution in [3.05, 3.63) is 64.2 Å². The smallest absolute Gasteiger partial charge is 0.269 e. The van der Waals surface area contributed by atoms with E-state index in [1.54, 1.807) is 43.5 Å². The number of nitro benzene ring substituents is 1. The van der Waals surface area contributed by atoms with Crippen molar-refractivity contribution in [1.29, 1.82) is 0 Å². The van der Waals surface area contributed by atoms with Crippen molar-refractivity contribution in [2.75, 3.05) is 18.2 Å². The number of benzene rings is 2. The second-order valence-corrected chi connectivity index (χ2v) is 5.68. The summed E-state index contributed by atoms with van der Waals surface area (Å²) in [4.78, 5) is 22.0. The van der Waals surface area contributed by atoms with Gasteiger partial charge in [-0.1, -0.05) is 12.1 Å². The summed E-state index contributed by atoms with van der Waals surface area (Å²) >= 11 is 1.45. The average Bonchev–Trinajstić information content (AvgIpc) is 2.56. The molecule has 0 unspecified atom stereocenters. The lowest BCUT2D eigenvalue weighted by molar-refractivity contribution is -0.384. The van der Waals surface area contributed by atoms with E-state index >= 15 is 0 Å². The van der Waals surface area contributed by atoms with Gasteiger partial charge in [0, 0.05) is 23.6 Å². The molecular formula is C16H16N2O4S. The number of nitro groups is 1. The number of nitrogens with one attached hydrogen (secondary N) is 1. The quantitative estimate of drug-likeness (QED) is 0.620. The third kappa shape index (κ3) is 5.30. The third-order valence-corrected chi connectivity index (χ3v) is 4.03. The van der Waals surface area contributed by atoms with Gasteiger partial charge >= 0.3 is 0 Å². The minimum absolute atomic E-state index is 0.0657. The number of anilines is 1. The molecule has 1 amide bonds. The number of thioether (sulfide) groups is 1. The summed E-state index contributed by atoms with van der Waals surface area (Å²) in [5.74, 6) is 1.56. The van der Waals surface area contributed by atoms with Gasteiger partial charge in [-0.25, -0.2) is 0 Å². The standard InChI is InChI=1S/C16H16N2O4S/c1-22-15-8-4-13(5-9-15)17-16(19)11-23-10-12-2-6-14(7-3-12)18(20)21/h2-9H,10-11H2,1H3,(H,17,19). The number of hydrogen-bond donors (Lipinski definition) is 1. The number of carbonyl (C=O) groups is 1. The first-order chi connectivity index (χ1) is 11.1. The fourth-order valence-electron chi connectivity index (χ4n) is 1.85. The summed E-state index contributed by atoms with van der Waals surface area (Å²) in [6.07, 6.45) is 0. The highest BCUT2D eigenvalue weighted by Gasteiger charge is 2.06. The number of nitrogens with zero attached hydrogens (tertiary/aromatic N) is 1. The summed E-state index contributed by atoms with van der Waals surface area (Å²) in [5.41, 5.74) is 1.72. The predicted octanol–water partition coefficient (Wildman–Crippen LogP) is 3.48. The Balaban J connectivity index is 1.76. The van der Waals surface area contributed by atoms with Crippen LogP contribution in [-0.2, 0) is 10.5 Å². The third-order valence-electron chi connectivity index (χ3n) is 3.02. The van der Waals surface area contributed by atoms with E-state index in [1.807, 2.05) is 0 Å². The predicted molar refractivity (Wildman–Crippen MR) is 90.9 cm³/mol. The monoisotopic (exact) mass is 332 g/mol. The molecule has 23 heavy (non-hydrogen) atoms. The van der Waals surface area contributed by atoms with Crippen LogP contribution in [0.4, 0.5) is 11.4 Å². The molecule has 0 heterocycles. The molecule has 0 saturated carbocycles. The fraction of sp³-hybridized carbons (Fsp3) is 0.188. The van der Waals surface area contributed by atoms with Gasteiger partial charge in [0.25, 0.3) is 5.69 Å². The Kier molecular flexibility index (Phi) is 5.99. The number of non-ortho nitro benzene ring substituents is 1. The second kappa shape index (κ2) is 8.19. The van der Waals surface area contributed by atoms with Gasteiger partial charge in [0.1, 0.15) is 5.75 Å². The molecule has 0 radical (unpaired) electrons. The van der Waals surface area contributed by atoms with Crippen LogP contribution in [0.3, 0.4) is 0 Å². The molecule has 0 spiro atoms. The number of rotatable bonds is 7. The van der Waals surface area contributed by atoms with Crippen molar-refractivity contribution in [1.82, 2.24) is 0 Å². The van der Waals surface area contributed by atoms with E-state index in [2.05, 4.69) is 5.32 Å². The van der Waals surface area contributed by atoms with E-state index in [0.29, 0.717) is 17.2 Å². The largest absolute Gasteiger partial charge is 0.497 e. The van der Waals surface area contributed by atoms with Crippen LogP contribution in [0.5, 0.6) is 5.75 Å². The molecule has 0 atom stereocenters. The minimum atomic E-state index is -0.431. The van der Waals surface area contributed by atoms with Crippen LogP contribution in [0.15, 0.2) is 48.5 Å². The fourth-order valence-corrected chi connectivity index (χ4v) is 2.63. The van der Waals surface area contributed by atoms with Crippen LogP contribution < -0.4 is 10.1 Å². The van der Waals surface area contributed by atoms with E-state index in [9.17, 15) is 14.9 Å². The molecule has 6 nitrogen and oxygen atoms in total. The van der Waals surface area contributed by atoms with Crippen molar-refractivity contribution < 1.29 is 14.5 Å². The van der Waals surface area contributed by atoms with Gasteiger partial charge in [-0.2, -0.15) is 0 Å². The van der Waals surface area contributed by atoms with Gasteiger partial charge in [0.2, 0.25) is 5.91 Å². The number of ether oxygens (including phenoxy) is 1. The zero-order chi connectivity index (χ0) is 16.7. The average molecular weight is 332 g/mol. The molecule has 0 fully saturated rings. The molecule has 0 aliphatic carbocycles. The van der Waals surface area contributed by atoms with Crippen LogP contribution in [0, 0.1) is 10.1 Å². The van der Waals surface area contributed by atoms with Crippen molar-refractivity contribution >= 4 is 29.0 Å². The molecule has 1 N–H and O–H groups in total. The maximum Gasteiger partial charge on any atom is 0.269 e. The van der Waals surface area contributed by atoms with E-state index in [-0.39, 0.29) is 11.6 Å². The van der Waals surface area contributed by atoms with Crippen molar-refractivity contribution in [3.63, 3.8) is 0 Å². The number of hydrogen-bond acceptors (Lipinski definition) is 5. The SMILES string of the molecule is COc1ccc(NC(=O)CSCc2ccc([N+](=O)[O-])cc2)cc1. The first kappa shape index (κ1) is 16.8. The number of carbonyl (C=O) groups excluding carboxylic acids is 1. The summed E-state index contributed by atoms with van der Waals surface area (Å²) in [6, 6.07) is 13.4. The van der Waals surface area contributed by atoms with Gasteiger partial charge in [-0.15, -0.1) is 11.8 Å². The Morgan fingerprint density at radius 3 is 2.39 bits per heavy atom. The Hall–Kier alpha value is -2.54. The molecule has 0 aromatic heterocycles. The van der Waals surface area contributed by atoms with E-state index in [4.69, 9.17) is 4.74 Å². The molecule has 120 valence electrons. The lowest BCUT2D eigenvalue weighted by Gasteiger charge is -2.06. The first-order valence-corrected chi connectivity index (χ1v) is 7.99. The normalized spacial score (nSPS) is 10.1. The van der Waals surface area contributed by atoms with Crippen LogP contribution in [-0.4, -0.2) is 23.7 Å². The molecule has 0 saturated heterocycles. The summed E-state index contributed by atoms with van der Waals surface area (Å²) in [5, 5.41) is 13.4. The first-order valence-electron chi connectivity index (χ1n) is 6.83. The highest BCUT2D eigenvalue weighted by Crippen LogP contribution is 2.18. The molecule has 2 rings (SSSR count). The van der Waals surface area contributed by atoms with Gasteiger partial charge in [0.05, 0.1) is 17.8 Å². The zero-order valence-electron chi connectivity index (χ0n) is 12.5. The summed E-state index contributed by atoms with van der Waals surface area (Å²) < 4.78 is 5.05. The van der Waals surface area contributed by atoms with E-state index in [0.717, 1.165) is 11.3 Å². The maximum absolute atomic E-state index is 11.8.